The predicted molar refractivity (Wildman–Crippen MR) is 192 cm³/mol. The summed E-state index contributed by atoms with van der Waals surface area (Å²) in [6.45, 7) is 7.47. The van der Waals surface area contributed by atoms with Gasteiger partial charge in [-0.25, -0.2) is 23.0 Å². The molecule has 4 saturated heterocycles. The van der Waals surface area contributed by atoms with Crippen molar-refractivity contribution in [1.82, 2.24) is 20.0 Å². The summed E-state index contributed by atoms with van der Waals surface area (Å²) in [5.74, 6) is 1.07. The van der Waals surface area contributed by atoms with E-state index in [1.54, 1.807) is 4.90 Å². The number of rotatable bonds is 3. The van der Waals surface area contributed by atoms with Crippen LogP contribution in [-0.2, 0) is 9.47 Å². The Bertz CT molecular complexity index is 2020. The normalized spacial score (nSPS) is 28.7. The topological polar surface area (TPSA) is 102 Å². The molecule has 10 nitrogen and oxygen atoms in total. The van der Waals surface area contributed by atoms with Gasteiger partial charge >= 0.3 is 12.1 Å². The molecule has 2 bridgehead atoms. The highest BCUT2D eigenvalue weighted by Crippen LogP contribution is 2.43. The Balaban J connectivity index is 1.19. The number of alkyl halides is 1. The number of terminal acetylenes is 1. The molecule has 3 unspecified atom stereocenters. The summed E-state index contributed by atoms with van der Waals surface area (Å²) in [6, 6.07) is 3.58. The smallest absolute Gasteiger partial charge is 0.410 e. The molecule has 5 atom stereocenters. The van der Waals surface area contributed by atoms with Crippen molar-refractivity contribution in [2.24, 2.45) is 9.98 Å². The van der Waals surface area contributed by atoms with Gasteiger partial charge in [0, 0.05) is 37.0 Å². The fourth-order valence-electron chi connectivity index (χ4n) is 8.86. The highest BCUT2D eigenvalue weighted by atomic mass is 35.5. The van der Waals surface area contributed by atoms with Gasteiger partial charge in [-0.2, -0.15) is 4.99 Å². The number of ether oxygens (including phenoxy) is 2. The van der Waals surface area contributed by atoms with E-state index in [2.05, 4.69) is 21.1 Å². The molecule has 6 heterocycles. The monoisotopic (exact) mass is 736 g/mol. The Morgan fingerprint density at radius 2 is 1.94 bits per heavy atom. The first-order chi connectivity index (χ1) is 24.7. The molecule has 0 saturated carbocycles. The number of phenolic OH excluding ortho intramolecular Hbond substituents is 1. The van der Waals surface area contributed by atoms with E-state index in [0.717, 1.165) is 32.2 Å². The quantitative estimate of drug-likeness (QED) is 0.287. The summed E-state index contributed by atoms with van der Waals surface area (Å²) >= 11 is 7.01. The van der Waals surface area contributed by atoms with Gasteiger partial charge in [0.2, 0.25) is 0 Å². The van der Waals surface area contributed by atoms with Gasteiger partial charge in [-0.15, -0.1) is 6.42 Å². The number of piperazine rings is 1. The summed E-state index contributed by atoms with van der Waals surface area (Å²) in [7, 11) is 0. The Hall–Kier alpha value is -4.41. The first kappa shape index (κ1) is 34.7. The molecule has 4 fully saturated rings. The number of hydrogen-bond acceptors (Lipinski definition) is 9. The average Bonchev–Trinajstić information content (AvgIpc) is 3.70. The molecular formula is C38H40ClF3N6O4. The number of dihydropyridines is 1. The summed E-state index contributed by atoms with van der Waals surface area (Å²) in [6.07, 6.45) is 7.87. The number of carbonyl (C=O) groups excluding carboxylic acids is 1. The van der Waals surface area contributed by atoms with E-state index >= 15 is 4.39 Å². The molecular weight excluding hydrogens is 697 g/mol. The van der Waals surface area contributed by atoms with Gasteiger partial charge in [-0.3, -0.25) is 9.80 Å². The molecule has 52 heavy (non-hydrogen) atoms. The van der Waals surface area contributed by atoms with Gasteiger partial charge in [0.25, 0.3) is 0 Å². The first-order valence-corrected chi connectivity index (χ1v) is 18.1. The minimum atomic E-state index is -1.33. The second-order valence-electron chi connectivity index (χ2n) is 15.5. The largest absolute Gasteiger partial charge is 0.508 e. The van der Waals surface area contributed by atoms with Crippen molar-refractivity contribution in [2.75, 3.05) is 32.8 Å². The number of carbonyl (C=O) groups is 1. The molecule has 14 heteroatoms. The van der Waals surface area contributed by atoms with Crippen LogP contribution in [-0.4, -0.2) is 106 Å². The summed E-state index contributed by atoms with van der Waals surface area (Å²) in [5, 5.41) is 14.2. The number of fused-ring (bicyclic) bond motifs is 5. The predicted octanol–water partition coefficient (Wildman–Crippen LogP) is 6.17. The van der Waals surface area contributed by atoms with Gasteiger partial charge in [0.05, 0.1) is 34.5 Å². The van der Waals surface area contributed by atoms with Crippen molar-refractivity contribution in [2.45, 2.75) is 88.3 Å². The number of aromatic hydroxyl groups is 1. The number of hydrogen-bond donors (Lipinski definition) is 2. The number of benzene rings is 2. The average molecular weight is 737 g/mol. The number of nitrogens with zero attached hydrogens (tertiary/aromatic N) is 5. The Morgan fingerprint density at radius 1 is 1.19 bits per heavy atom. The van der Waals surface area contributed by atoms with Gasteiger partial charge in [0.15, 0.2) is 5.83 Å². The fourth-order valence-corrected chi connectivity index (χ4v) is 9.14. The second-order valence-corrected chi connectivity index (χ2v) is 15.9. The van der Waals surface area contributed by atoms with Crippen molar-refractivity contribution in [3.63, 3.8) is 0 Å². The van der Waals surface area contributed by atoms with Gasteiger partial charge in [-0.1, -0.05) is 23.6 Å². The van der Waals surface area contributed by atoms with E-state index in [0.29, 0.717) is 37.3 Å². The van der Waals surface area contributed by atoms with Crippen LogP contribution in [0.25, 0.3) is 16.5 Å². The van der Waals surface area contributed by atoms with Gasteiger partial charge < -0.3 is 24.8 Å². The molecule has 1 amide bonds. The third-order valence-electron chi connectivity index (χ3n) is 11.0. The molecule has 0 aliphatic carbocycles. The van der Waals surface area contributed by atoms with E-state index in [9.17, 15) is 18.7 Å². The standard InChI is InChI=1S/C38H40ClF3N6O4/c1-5-25-27(41)10-7-20-13-24(49)14-26(28(20)25)31-30(42)32-29(33(39)43-31)34(45-35(44-32)51-19-38-11-6-12-47(38)16-21(40)15-38)46-17-22-8-9-23(18-46)48(22)36(50)52-37(2,3)4/h1,7,10,13-14,21-23,32,43,49H,6,8-9,11-12,15-19H2,2-4H3/t21-,22?,23?,32?,38+/m1/s1. The van der Waals surface area contributed by atoms with E-state index in [1.807, 2.05) is 25.7 Å². The maximum absolute atomic E-state index is 17.2. The lowest BCUT2D eigenvalue weighted by Crippen LogP contribution is -2.59. The maximum atomic E-state index is 17.2. The van der Waals surface area contributed by atoms with E-state index in [-0.39, 0.29) is 69.5 Å². The molecule has 8 rings (SSSR count). The first-order valence-electron chi connectivity index (χ1n) is 17.7. The van der Waals surface area contributed by atoms with Crippen molar-refractivity contribution in [1.29, 1.82) is 0 Å². The summed E-state index contributed by atoms with van der Waals surface area (Å²) < 4.78 is 58.8. The highest BCUT2D eigenvalue weighted by Gasteiger charge is 2.51. The Kier molecular flexibility index (Phi) is 8.41. The second kappa shape index (κ2) is 12.6. The molecule has 274 valence electrons. The molecule has 2 aromatic rings. The molecule has 0 aromatic heterocycles. The lowest BCUT2D eigenvalue weighted by Gasteiger charge is -2.44. The van der Waals surface area contributed by atoms with E-state index in [1.165, 1.54) is 24.3 Å². The van der Waals surface area contributed by atoms with Crippen molar-refractivity contribution < 1.29 is 32.5 Å². The van der Waals surface area contributed by atoms with Crippen LogP contribution < -0.4 is 5.32 Å². The van der Waals surface area contributed by atoms with Crippen LogP contribution >= 0.6 is 11.6 Å². The molecule has 0 spiro atoms. The zero-order chi connectivity index (χ0) is 36.7. The van der Waals surface area contributed by atoms with Crippen molar-refractivity contribution in [3.05, 3.63) is 57.8 Å². The lowest BCUT2D eigenvalue weighted by molar-refractivity contribution is 0.00277. The summed E-state index contributed by atoms with van der Waals surface area (Å²) in [4.78, 5) is 28.6. The lowest BCUT2D eigenvalue weighted by atomic mass is 9.92. The number of phenols is 1. The molecule has 0 radical (unpaired) electrons. The van der Waals surface area contributed by atoms with Crippen LogP contribution in [0.2, 0.25) is 0 Å². The fraction of sp³-hybridized carbons (Fsp3) is 0.500. The SMILES string of the molecule is C#Cc1c(F)ccc2cc(O)cc(C3=C(F)C4N=C(OC[C@@]56CCCN5C[C@H](F)C6)N=C(N5CC6CCC(C5)N6C(=O)OC(C)(C)C)C4=C(Cl)N3)c12. The minimum Gasteiger partial charge on any atom is -0.508 e. The zero-order valence-electron chi connectivity index (χ0n) is 29.2. The van der Waals surface area contributed by atoms with Crippen molar-refractivity contribution in [3.8, 4) is 18.1 Å². The Labute approximate surface area is 305 Å². The van der Waals surface area contributed by atoms with Crippen molar-refractivity contribution >= 4 is 46.0 Å². The summed E-state index contributed by atoms with van der Waals surface area (Å²) in [5.41, 5.74) is -1.04. The van der Waals surface area contributed by atoms with Crippen LogP contribution in [0, 0.1) is 18.2 Å². The van der Waals surface area contributed by atoms with Gasteiger partial charge in [-0.05, 0) is 76.6 Å². The van der Waals surface area contributed by atoms with Crippen LogP contribution in [0.3, 0.4) is 0 Å². The maximum Gasteiger partial charge on any atom is 0.410 e. The number of nitrogens with one attached hydrogen (secondary N) is 1. The van der Waals surface area contributed by atoms with Crippen LogP contribution in [0.1, 0.15) is 64.0 Å². The van der Waals surface area contributed by atoms with E-state index in [4.69, 9.17) is 32.5 Å². The number of amidine groups is 2. The van der Waals surface area contributed by atoms with Gasteiger partial charge in [0.1, 0.15) is 47.0 Å². The molecule has 2 N–H and O–H groups in total. The third kappa shape index (κ3) is 5.84. The highest BCUT2D eigenvalue weighted by molar-refractivity contribution is 6.33. The zero-order valence-corrected chi connectivity index (χ0v) is 29.9. The molecule has 6 aliphatic rings. The molecule has 6 aliphatic heterocycles. The number of aliphatic imine (C=N–C) groups is 2. The Morgan fingerprint density at radius 3 is 2.65 bits per heavy atom. The number of amides is 1. The third-order valence-corrected chi connectivity index (χ3v) is 11.3. The van der Waals surface area contributed by atoms with Crippen LogP contribution in [0.4, 0.5) is 18.0 Å². The number of likely N-dealkylation sites (tertiary alicyclic amines) is 1. The van der Waals surface area contributed by atoms with E-state index < -0.39 is 35.0 Å². The number of halogens is 4. The minimum absolute atomic E-state index is 0.0247. The molecule has 2 aromatic carbocycles. The van der Waals surface area contributed by atoms with Crippen LogP contribution in [0.5, 0.6) is 5.75 Å². The van der Waals surface area contributed by atoms with Crippen LogP contribution in [0.15, 0.2) is 50.8 Å².